The molecule has 0 bridgehead atoms. The summed E-state index contributed by atoms with van der Waals surface area (Å²) in [5.74, 6) is 1.27. The van der Waals surface area contributed by atoms with Gasteiger partial charge in [0.05, 0.1) is 0 Å². The molecular weight excluding hydrogens is 272 g/mol. The molecule has 0 aromatic heterocycles. The van der Waals surface area contributed by atoms with Crippen molar-refractivity contribution in [2.24, 2.45) is 22.7 Å². The number of hydrogen-bond acceptors (Lipinski definition) is 2. The molecule has 2 nitrogen and oxygen atoms in total. The third-order valence-corrected chi connectivity index (χ3v) is 6.84. The predicted octanol–water partition coefficient (Wildman–Crippen LogP) is 4.89. The van der Waals surface area contributed by atoms with Crippen molar-refractivity contribution in [2.75, 3.05) is 0 Å². The Kier molecular flexibility index (Phi) is 5.09. The summed E-state index contributed by atoms with van der Waals surface area (Å²) in [5.41, 5.74) is 2.49. The van der Waals surface area contributed by atoms with Crippen LogP contribution in [0.1, 0.15) is 65.7 Å². The molecule has 2 aliphatic carbocycles. The van der Waals surface area contributed by atoms with Gasteiger partial charge in [0.1, 0.15) is 12.6 Å². The average molecular weight is 302 g/mol. The van der Waals surface area contributed by atoms with Crippen LogP contribution in [0.2, 0.25) is 0 Å². The van der Waals surface area contributed by atoms with E-state index in [1.807, 2.05) is 6.08 Å². The van der Waals surface area contributed by atoms with Crippen LogP contribution in [0.3, 0.4) is 0 Å². The Hall–Kier alpha value is -1.18. The Morgan fingerprint density at radius 2 is 2.05 bits per heavy atom. The van der Waals surface area contributed by atoms with E-state index in [1.54, 1.807) is 0 Å². The van der Waals surface area contributed by atoms with Gasteiger partial charge in [0.25, 0.3) is 0 Å². The molecule has 2 fully saturated rings. The first-order valence-electron chi connectivity index (χ1n) is 8.64. The standard InChI is InChI=1S/C20H30O2/c1-15-6-5-7-18-19(15,3)11-8-16(2)20(18,4)12-9-17(14-22)10-13-21/h9,13-14,16,18H,1,5-8,10-12H2,2-4H3/b17-9+. The fourth-order valence-electron chi connectivity index (χ4n) is 4.94. The molecule has 2 heteroatoms. The second-order valence-electron chi connectivity index (χ2n) is 7.88. The van der Waals surface area contributed by atoms with Crippen LogP contribution in [-0.4, -0.2) is 12.6 Å². The van der Waals surface area contributed by atoms with Crippen molar-refractivity contribution in [3.63, 3.8) is 0 Å². The van der Waals surface area contributed by atoms with Crippen LogP contribution >= 0.6 is 0 Å². The maximum Gasteiger partial charge on any atom is 0.146 e. The molecule has 2 aliphatic rings. The molecule has 4 unspecified atom stereocenters. The second kappa shape index (κ2) is 6.52. The molecule has 122 valence electrons. The summed E-state index contributed by atoms with van der Waals surface area (Å²) in [6.07, 6.45) is 10.9. The van der Waals surface area contributed by atoms with Crippen LogP contribution in [0, 0.1) is 22.7 Å². The van der Waals surface area contributed by atoms with Gasteiger partial charge in [-0.1, -0.05) is 39.0 Å². The van der Waals surface area contributed by atoms with E-state index in [0.717, 1.165) is 25.4 Å². The highest BCUT2D eigenvalue weighted by molar-refractivity contribution is 5.78. The predicted molar refractivity (Wildman–Crippen MR) is 90.5 cm³/mol. The number of hydrogen-bond donors (Lipinski definition) is 0. The number of fused-ring (bicyclic) bond motifs is 1. The van der Waals surface area contributed by atoms with Crippen molar-refractivity contribution in [1.29, 1.82) is 0 Å². The van der Waals surface area contributed by atoms with Gasteiger partial charge in [0.15, 0.2) is 0 Å². The third kappa shape index (κ3) is 2.85. The van der Waals surface area contributed by atoms with E-state index in [4.69, 9.17) is 0 Å². The van der Waals surface area contributed by atoms with Crippen LogP contribution in [0.5, 0.6) is 0 Å². The van der Waals surface area contributed by atoms with Crippen molar-refractivity contribution >= 4 is 12.6 Å². The largest absolute Gasteiger partial charge is 0.303 e. The highest BCUT2D eigenvalue weighted by Gasteiger charge is 2.53. The first-order valence-corrected chi connectivity index (χ1v) is 8.64. The minimum absolute atomic E-state index is 0.188. The summed E-state index contributed by atoms with van der Waals surface area (Å²) in [6.45, 7) is 11.5. The SMILES string of the molecule is C=C1CCCC2C1(C)CCC(C)C2(C)C/C=C(/C=O)CC=O. The summed E-state index contributed by atoms with van der Waals surface area (Å²) in [4.78, 5) is 21.8. The van der Waals surface area contributed by atoms with E-state index in [2.05, 4.69) is 27.4 Å². The molecule has 22 heavy (non-hydrogen) atoms. The van der Waals surface area contributed by atoms with Crippen molar-refractivity contribution in [1.82, 2.24) is 0 Å². The lowest BCUT2D eigenvalue weighted by molar-refractivity contribution is -0.109. The lowest BCUT2D eigenvalue weighted by atomic mass is 9.46. The zero-order valence-electron chi connectivity index (χ0n) is 14.4. The fourth-order valence-corrected chi connectivity index (χ4v) is 4.94. The fraction of sp³-hybridized carbons (Fsp3) is 0.700. The lowest BCUT2D eigenvalue weighted by Crippen LogP contribution is -2.50. The van der Waals surface area contributed by atoms with E-state index in [0.29, 0.717) is 17.4 Å². The van der Waals surface area contributed by atoms with Crippen molar-refractivity contribution in [3.8, 4) is 0 Å². The van der Waals surface area contributed by atoms with Crippen LogP contribution in [0.4, 0.5) is 0 Å². The number of rotatable bonds is 5. The number of aldehydes is 2. The normalized spacial score (nSPS) is 39.2. The highest BCUT2D eigenvalue weighted by Crippen LogP contribution is 2.62. The minimum Gasteiger partial charge on any atom is -0.303 e. The monoisotopic (exact) mass is 302 g/mol. The first-order chi connectivity index (χ1) is 10.4. The average Bonchev–Trinajstić information content (AvgIpc) is 2.50. The number of carbonyl (C=O) groups is 2. The number of allylic oxidation sites excluding steroid dienone is 3. The van der Waals surface area contributed by atoms with Crippen LogP contribution in [0.25, 0.3) is 0 Å². The minimum atomic E-state index is 0.188. The molecule has 0 radical (unpaired) electrons. The van der Waals surface area contributed by atoms with Gasteiger partial charge in [-0.3, -0.25) is 4.79 Å². The summed E-state index contributed by atoms with van der Waals surface area (Å²) >= 11 is 0. The smallest absolute Gasteiger partial charge is 0.146 e. The van der Waals surface area contributed by atoms with Gasteiger partial charge in [-0.15, -0.1) is 0 Å². The maximum atomic E-state index is 11.1. The Bertz CT molecular complexity index is 490. The summed E-state index contributed by atoms with van der Waals surface area (Å²) in [7, 11) is 0. The van der Waals surface area contributed by atoms with E-state index in [-0.39, 0.29) is 17.3 Å². The summed E-state index contributed by atoms with van der Waals surface area (Å²) in [5, 5.41) is 0. The highest BCUT2D eigenvalue weighted by atomic mass is 16.1. The van der Waals surface area contributed by atoms with E-state index >= 15 is 0 Å². The Balaban J connectivity index is 2.30. The molecule has 4 atom stereocenters. The van der Waals surface area contributed by atoms with Crippen LogP contribution in [0.15, 0.2) is 23.8 Å². The van der Waals surface area contributed by atoms with Crippen LogP contribution < -0.4 is 0 Å². The van der Waals surface area contributed by atoms with Gasteiger partial charge >= 0.3 is 0 Å². The topological polar surface area (TPSA) is 34.1 Å². The molecule has 0 heterocycles. The first kappa shape index (κ1) is 17.2. The molecule has 0 aromatic carbocycles. The van der Waals surface area contributed by atoms with E-state index in [9.17, 15) is 9.59 Å². The Labute approximate surface area is 135 Å². The number of carbonyl (C=O) groups excluding carboxylic acids is 2. The molecule has 0 aromatic rings. The molecule has 2 rings (SSSR count). The molecule has 0 amide bonds. The Morgan fingerprint density at radius 1 is 1.32 bits per heavy atom. The van der Waals surface area contributed by atoms with E-state index < -0.39 is 0 Å². The van der Waals surface area contributed by atoms with Crippen molar-refractivity contribution in [2.45, 2.75) is 65.7 Å². The quantitative estimate of drug-likeness (QED) is 0.411. The zero-order chi connectivity index (χ0) is 16.4. The van der Waals surface area contributed by atoms with Gasteiger partial charge in [-0.05, 0) is 66.8 Å². The van der Waals surface area contributed by atoms with Gasteiger partial charge in [0.2, 0.25) is 0 Å². The third-order valence-electron chi connectivity index (χ3n) is 6.84. The maximum absolute atomic E-state index is 11.1. The molecule has 0 spiro atoms. The molecule has 0 saturated heterocycles. The Morgan fingerprint density at radius 3 is 2.68 bits per heavy atom. The lowest BCUT2D eigenvalue weighted by Gasteiger charge is -2.58. The summed E-state index contributed by atoms with van der Waals surface area (Å²) < 4.78 is 0. The van der Waals surface area contributed by atoms with Crippen molar-refractivity contribution < 1.29 is 9.59 Å². The summed E-state index contributed by atoms with van der Waals surface area (Å²) in [6, 6.07) is 0. The molecular formula is C20H30O2. The van der Waals surface area contributed by atoms with Gasteiger partial charge in [-0.2, -0.15) is 0 Å². The van der Waals surface area contributed by atoms with Gasteiger partial charge < -0.3 is 4.79 Å². The van der Waals surface area contributed by atoms with E-state index in [1.165, 1.54) is 31.3 Å². The molecule has 2 saturated carbocycles. The molecule has 0 N–H and O–H groups in total. The zero-order valence-corrected chi connectivity index (χ0v) is 14.4. The second-order valence-corrected chi connectivity index (χ2v) is 7.88. The van der Waals surface area contributed by atoms with Gasteiger partial charge in [0, 0.05) is 6.42 Å². The molecule has 0 aliphatic heterocycles. The van der Waals surface area contributed by atoms with Crippen molar-refractivity contribution in [3.05, 3.63) is 23.8 Å². The van der Waals surface area contributed by atoms with Crippen LogP contribution in [-0.2, 0) is 9.59 Å². The van der Waals surface area contributed by atoms with Gasteiger partial charge in [-0.25, -0.2) is 0 Å².